The minimum absolute atomic E-state index is 0.188. The average molecular weight is 465 g/mol. The molecule has 8 heteroatoms. The van der Waals surface area contributed by atoms with E-state index in [1.807, 2.05) is 42.5 Å². The SMILES string of the molecule is O=Nc1ccc(Cl)c(NC(=S)NC(C(=O)Nc2ccc3c(c2)CCC3)c2ccccc2)c1. The highest BCUT2D eigenvalue weighted by molar-refractivity contribution is 7.80. The van der Waals surface area contributed by atoms with Crippen molar-refractivity contribution in [1.82, 2.24) is 5.32 Å². The van der Waals surface area contributed by atoms with E-state index in [1.165, 1.54) is 23.3 Å². The summed E-state index contributed by atoms with van der Waals surface area (Å²) >= 11 is 11.6. The Morgan fingerprint density at radius 3 is 2.53 bits per heavy atom. The van der Waals surface area contributed by atoms with Crippen LogP contribution in [-0.2, 0) is 17.6 Å². The summed E-state index contributed by atoms with van der Waals surface area (Å²) < 4.78 is 0. The minimum atomic E-state index is -0.740. The predicted octanol–water partition coefficient (Wildman–Crippen LogP) is 5.89. The zero-order valence-electron chi connectivity index (χ0n) is 17.1. The number of carbonyl (C=O) groups excluding carboxylic acids is 1. The maximum atomic E-state index is 13.2. The average Bonchev–Trinajstić information content (AvgIpc) is 3.27. The molecule has 1 amide bonds. The summed E-state index contributed by atoms with van der Waals surface area (Å²) in [6.45, 7) is 0. The van der Waals surface area contributed by atoms with Gasteiger partial charge in [0.25, 0.3) is 5.91 Å². The molecule has 0 aliphatic heterocycles. The molecule has 1 unspecified atom stereocenters. The molecular formula is C24H21ClN4O2S. The van der Waals surface area contributed by atoms with Crippen LogP contribution >= 0.6 is 23.8 Å². The lowest BCUT2D eigenvalue weighted by atomic mass is 10.1. The Hall–Kier alpha value is -3.29. The third kappa shape index (κ3) is 5.12. The molecule has 32 heavy (non-hydrogen) atoms. The van der Waals surface area contributed by atoms with Crippen LogP contribution < -0.4 is 16.0 Å². The highest BCUT2D eigenvalue weighted by Crippen LogP contribution is 2.28. The van der Waals surface area contributed by atoms with Crippen LogP contribution in [0.3, 0.4) is 0 Å². The molecule has 0 fully saturated rings. The Morgan fingerprint density at radius 2 is 1.75 bits per heavy atom. The summed E-state index contributed by atoms with van der Waals surface area (Å²) in [6, 6.07) is 19.2. The number of hydrogen-bond donors (Lipinski definition) is 3. The monoisotopic (exact) mass is 464 g/mol. The second kappa shape index (κ2) is 9.89. The number of nitrogens with one attached hydrogen (secondary N) is 3. The summed E-state index contributed by atoms with van der Waals surface area (Å²) in [6.07, 6.45) is 3.26. The number of nitroso groups, excluding NO2 is 1. The fraction of sp³-hybridized carbons (Fsp3) is 0.167. The van der Waals surface area contributed by atoms with Crippen molar-refractivity contribution in [3.63, 3.8) is 0 Å². The van der Waals surface area contributed by atoms with E-state index in [0.29, 0.717) is 10.7 Å². The second-order valence-electron chi connectivity index (χ2n) is 7.52. The first-order valence-corrected chi connectivity index (χ1v) is 11.0. The molecule has 3 aromatic rings. The van der Waals surface area contributed by atoms with E-state index >= 15 is 0 Å². The van der Waals surface area contributed by atoms with Gasteiger partial charge >= 0.3 is 0 Å². The number of halogens is 1. The fourth-order valence-corrected chi connectivity index (χ4v) is 4.16. The highest BCUT2D eigenvalue weighted by Gasteiger charge is 2.22. The van der Waals surface area contributed by atoms with Crippen molar-refractivity contribution in [3.05, 3.63) is 93.4 Å². The van der Waals surface area contributed by atoms with Gasteiger partial charge in [-0.05, 0) is 83.7 Å². The molecule has 0 bridgehead atoms. The lowest BCUT2D eigenvalue weighted by molar-refractivity contribution is -0.117. The molecule has 0 spiro atoms. The number of anilines is 2. The first-order valence-electron chi connectivity index (χ1n) is 10.2. The van der Waals surface area contributed by atoms with Crippen LogP contribution in [0.1, 0.15) is 29.2 Å². The number of thiocarbonyl (C=S) groups is 1. The smallest absolute Gasteiger partial charge is 0.251 e. The second-order valence-corrected chi connectivity index (χ2v) is 8.34. The number of benzene rings is 3. The zero-order valence-corrected chi connectivity index (χ0v) is 18.7. The number of amides is 1. The van der Waals surface area contributed by atoms with Crippen LogP contribution in [0.15, 0.2) is 71.9 Å². The van der Waals surface area contributed by atoms with Gasteiger partial charge in [-0.15, -0.1) is 4.91 Å². The first-order chi connectivity index (χ1) is 15.5. The normalized spacial score (nSPS) is 13.0. The summed E-state index contributed by atoms with van der Waals surface area (Å²) in [5.41, 5.74) is 4.77. The highest BCUT2D eigenvalue weighted by atomic mass is 35.5. The molecule has 0 saturated heterocycles. The van der Waals surface area contributed by atoms with Crippen LogP contribution in [0.2, 0.25) is 5.02 Å². The van der Waals surface area contributed by atoms with E-state index in [4.69, 9.17) is 23.8 Å². The standard InChI is InChI=1S/C24H21ClN4O2S/c25-20-12-11-19(29-31)14-21(20)27-24(32)28-22(16-5-2-1-3-6-16)23(30)26-18-10-9-15-7-4-8-17(15)13-18/h1-3,5-6,9-14,22H,4,7-8H2,(H,26,30)(H2,27,28,32). The van der Waals surface area contributed by atoms with E-state index in [1.54, 1.807) is 6.07 Å². The third-order valence-electron chi connectivity index (χ3n) is 5.34. The van der Waals surface area contributed by atoms with E-state index in [2.05, 4.69) is 27.2 Å². The number of hydrogen-bond acceptors (Lipinski definition) is 4. The van der Waals surface area contributed by atoms with Crippen molar-refractivity contribution in [1.29, 1.82) is 0 Å². The van der Waals surface area contributed by atoms with Crippen LogP contribution in [-0.4, -0.2) is 11.0 Å². The van der Waals surface area contributed by atoms with Gasteiger partial charge in [-0.25, -0.2) is 0 Å². The van der Waals surface area contributed by atoms with E-state index in [9.17, 15) is 9.70 Å². The summed E-state index contributed by atoms with van der Waals surface area (Å²) in [5, 5.41) is 12.5. The molecule has 1 aliphatic rings. The molecule has 3 N–H and O–H groups in total. The van der Waals surface area contributed by atoms with Gasteiger partial charge < -0.3 is 16.0 Å². The van der Waals surface area contributed by atoms with Crippen molar-refractivity contribution in [2.45, 2.75) is 25.3 Å². The van der Waals surface area contributed by atoms with Gasteiger partial charge in [-0.1, -0.05) is 48.0 Å². The molecular weight excluding hydrogens is 444 g/mol. The Balaban J connectivity index is 1.52. The number of carbonyl (C=O) groups is 1. The number of nitrogens with zero attached hydrogens (tertiary/aromatic N) is 1. The predicted molar refractivity (Wildman–Crippen MR) is 133 cm³/mol. The van der Waals surface area contributed by atoms with Gasteiger partial charge in [0.2, 0.25) is 0 Å². The van der Waals surface area contributed by atoms with Gasteiger partial charge in [0.1, 0.15) is 11.7 Å². The van der Waals surface area contributed by atoms with Gasteiger partial charge in [-0.3, -0.25) is 4.79 Å². The fourth-order valence-electron chi connectivity index (χ4n) is 3.77. The van der Waals surface area contributed by atoms with E-state index < -0.39 is 6.04 Å². The molecule has 6 nitrogen and oxygen atoms in total. The molecule has 0 saturated carbocycles. The van der Waals surface area contributed by atoms with Crippen molar-refractivity contribution in [3.8, 4) is 0 Å². The van der Waals surface area contributed by atoms with Crippen LogP contribution in [0.25, 0.3) is 0 Å². The Bertz CT molecular complexity index is 1170. The topological polar surface area (TPSA) is 82.6 Å². The van der Waals surface area contributed by atoms with Gasteiger partial charge in [0, 0.05) is 5.69 Å². The van der Waals surface area contributed by atoms with Gasteiger partial charge in [-0.2, -0.15) is 0 Å². The molecule has 4 rings (SSSR count). The van der Waals surface area contributed by atoms with Crippen LogP contribution in [0, 0.1) is 4.91 Å². The lowest BCUT2D eigenvalue weighted by Gasteiger charge is -2.21. The first kappa shape index (κ1) is 21.9. The molecule has 0 aromatic heterocycles. The van der Waals surface area contributed by atoms with Crippen molar-refractivity contribution in [2.24, 2.45) is 5.18 Å². The van der Waals surface area contributed by atoms with Crippen molar-refractivity contribution in [2.75, 3.05) is 10.6 Å². The minimum Gasteiger partial charge on any atom is -0.347 e. The number of fused-ring (bicyclic) bond motifs is 1. The molecule has 0 heterocycles. The largest absolute Gasteiger partial charge is 0.347 e. The van der Waals surface area contributed by atoms with Crippen LogP contribution in [0.5, 0.6) is 0 Å². The van der Waals surface area contributed by atoms with Gasteiger partial charge in [0.15, 0.2) is 5.11 Å². The number of rotatable bonds is 6. The van der Waals surface area contributed by atoms with Crippen LogP contribution in [0.4, 0.5) is 17.1 Å². The Morgan fingerprint density at radius 1 is 0.969 bits per heavy atom. The third-order valence-corrected chi connectivity index (χ3v) is 5.89. The lowest BCUT2D eigenvalue weighted by Crippen LogP contribution is -2.39. The van der Waals surface area contributed by atoms with E-state index in [0.717, 1.165) is 30.5 Å². The molecule has 3 aromatic carbocycles. The zero-order chi connectivity index (χ0) is 22.5. The maximum absolute atomic E-state index is 13.2. The number of aryl methyl sites for hydroxylation is 2. The Labute approximate surface area is 196 Å². The summed E-state index contributed by atoms with van der Waals surface area (Å²) in [4.78, 5) is 24.1. The molecule has 162 valence electrons. The van der Waals surface area contributed by atoms with Crippen molar-refractivity contribution < 1.29 is 4.79 Å². The quantitative estimate of drug-likeness (QED) is 0.313. The molecule has 1 atom stereocenters. The van der Waals surface area contributed by atoms with Crippen molar-refractivity contribution >= 4 is 51.9 Å². The Kier molecular flexibility index (Phi) is 6.78. The maximum Gasteiger partial charge on any atom is 0.251 e. The molecule has 1 aliphatic carbocycles. The summed E-state index contributed by atoms with van der Waals surface area (Å²) in [7, 11) is 0. The summed E-state index contributed by atoms with van der Waals surface area (Å²) in [5.74, 6) is -0.243. The van der Waals surface area contributed by atoms with Gasteiger partial charge in [0.05, 0.1) is 10.7 Å². The molecule has 0 radical (unpaired) electrons. The van der Waals surface area contributed by atoms with E-state index in [-0.39, 0.29) is 16.7 Å².